The summed E-state index contributed by atoms with van der Waals surface area (Å²) in [7, 11) is -4.08. The molecule has 0 aliphatic rings. The number of hydrogen-bond donors (Lipinski definition) is 1. The number of nitrogens with zero attached hydrogens (tertiary/aromatic N) is 4. The summed E-state index contributed by atoms with van der Waals surface area (Å²) in [5, 5.41) is 7.94. The van der Waals surface area contributed by atoms with Crippen molar-refractivity contribution in [3.63, 3.8) is 0 Å². The number of aromatic nitrogens is 4. The minimum atomic E-state index is -4.54. The molecule has 0 fully saturated rings. The predicted molar refractivity (Wildman–Crippen MR) is 111 cm³/mol. The highest BCUT2D eigenvalue weighted by Crippen LogP contribution is 2.29. The maximum Gasteiger partial charge on any atom is 0.416 e. The van der Waals surface area contributed by atoms with Gasteiger partial charge in [-0.1, -0.05) is 12.1 Å². The molecule has 8 nitrogen and oxygen atoms in total. The van der Waals surface area contributed by atoms with Crippen LogP contribution in [0.1, 0.15) is 11.1 Å². The molecular formula is C20H14F5N5O3S. The van der Waals surface area contributed by atoms with Crippen LogP contribution >= 0.6 is 0 Å². The summed E-state index contributed by atoms with van der Waals surface area (Å²) in [6, 6.07) is 9.21. The van der Waals surface area contributed by atoms with Gasteiger partial charge in [-0.2, -0.15) is 22.0 Å². The van der Waals surface area contributed by atoms with Crippen LogP contribution in [0.4, 0.5) is 27.8 Å². The zero-order chi connectivity index (χ0) is 24.5. The Morgan fingerprint density at radius 1 is 0.971 bits per heavy atom. The normalized spacial score (nSPS) is 12.3. The predicted octanol–water partition coefficient (Wildman–Crippen LogP) is 4.35. The van der Waals surface area contributed by atoms with Crippen LogP contribution in [0.15, 0.2) is 60.9 Å². The van der Waals surface area contributed by atoms with Gasteiger partial charge in [-0.3, -0.25) is 14.1 Å². The van der Waals surface area contributed by atoms with Crippen molar-refractivity contribution in [2.24, 2.45) is 0 Å². The van der Waals surface area contributed by atoms with E-state index in [0.29, 0.717) is 5.56 Å². The molecule has 178 valence electrons. The largest absolute Gasteiger partial charge is 0.435 e. The highest BCUT2D eigenvalue weighted by molar-refractivity contribution is 7.91. The summed E-state index contributed by atoms with van der Waals surface area (Å²) in [5.74, 6) is -0.518. The number of fused-ring (bicyclic) bond motifs is 1. The first-order valence-corrected chi connectivity index (χ1v) is 11.1. The SMILES string of the molecule is O=S(=O)(Cc1ccc(C(F)(F)F)cc1)Nc1cncc2nnc(-c3ccc(OC(F)F)cc3)n12. The van der Waals surface area contributed by atoms with Crippen LogP contribution < -0.4 is 9.46 Å². The summed E-state index contributed by atoms with van der Waals surface area (Å²) in [5.41, 5.74) is -0.143. The van der Waals surface area contributed by atoms with E-state index in [1.807, 2.05) is 0 Å². The molecule has 34 heavy (non-hydrogen) atoms. The zero-order valence-corrected chi connectivity index (χ0v) is 17.7. The number of hydrogen-bond acceptors (Lipinski definition) is 6. The lowest BCUT2D eigenvalue weighted by atomic mass is 10.1. The third-order valence-electron chi connectivity index (χ3n) is 4.55. The monoisotopic (exact) mass is 499 g/mol. The highest BCUT2D eigenvalue weighted by atomic mass is 32.2. The first-order valence-electron chi connectivity index (χ1n) is 9.43. The van der Waals surface area contributed by atoms with E-state index in [1.165, 1.54) is 41.1 Å². The Labute approximate surface area is 189 Å². The quantitative estimate of drug-likeness (QED) is 0.380. The maximum absolute atomic E-state index is 12.7. The van der Waals surface area contributed by atoms with Gasteiger partial charge in [0, 0.05) is 5.56 Å². The number of benzene rings is 2. The van der Waals surface area contributed by atoms with Gasteiger partial charge in [0.15, 0.2) is 11.5 Å². The molecule has 0 saturated carbocycles. The number of halogens is 5. The van der Waals surface area contributed by atoms with Crippen LogP contribution in [0.3, 0.4) is 0 Å². The average Bonchev–Trinajstić information content (AvgIpc) is 3.18. The molecule has 4 aromatic rings. The molecular weight excluding hydrogens is 485 g/mol. The lowest BCUT2D eigenvalue weighted by Gasteiger charge is -2.12. The third-order valence-corrected chi connectivity index (χ3v) is 5.79. The van der Waals surface area contributed by atoms with Gasteiger partial charge in [0.25, 0.3) is 0 Å². The number of nitrogens with one attached hydrogen (secondary N) is 1. The van der Waals surface area contributed by atoms with E-state index in [1.54, 1.807) is 0 Å². The van der Waals surface area contributed by atoms with Crippen molar-refractivity contribution in [3.8, 4) is 17.1 Å². The zero-order valence-electron chi connectivity index (χ0n) is 16.9. The van der Waals surface area contributed by atoms with Gasteiger partial charge < -0.3 is 4.74 Å². The van der Waals surface area contributed by atoms with E-state index >= 15 is 0 Å². The number of ether oxygens (including phenoxy) is 1. The molecule has 0 saturated heterocycles. The van der Waals surface area contributed by atoms with Crippen molar-refractivity contribution in [3.05, 3.63) is 72.1 Å². The van der Waals surface area contributed by atoms with E-state index in [4.69, 9.17) is 0 Å². The Balaban J connectivity index is 1.61. The number of rotatable bonds is 7. The standard InChI is InChI=1S/C20H14F5N5O3S/c21-19(22)33-15-7-3-13(4-8-15)18-28-27-16-9-26-10-17(30(16)18)29-34(31,32)11-12-1-5-14(6-2-12)20(23,24)25/h1-10,19,29H,11H2. The van der Waals surface area contributed by atoms with Crippen molar-refractivity contribution >= 4 is 21.5 Å². The van der Waals surface area contributed by atoms with Crippen LogP contribution in [0.2, 0.25) is 0 Å². The van der Waals surface area contributed by atoms with E-state index in [0.717, 1.165) is 24.3 Å². The van der Waals surface area contributed by atoms with Gasteiger partial charge in [0.2, 0.25) is 10.0 Å². The summed E-state index contributed by atoms with van der Waals surface area (Å²) < 4.78 is 96.3. The third kappa shape index (κ3) is 5.22. The molecule has 0 radical (unpaired) electrons. The second-order valence-electron chi connectivity index (χ2n) is 6.97. The van der Waals surface area contributed by atoms with Crippen LogP contribution in [-0.4, -0.2) is 34.6 Å². The minimum absolute atomic E-state index is 0.0303. The van der Waals surface area contributed by atoms with Crippen molar-refractivity contribution in [2.75, 3.05) is 4.72 Å². The Kier molecular flexibility index (Phi) is 6.08. The van der Waals surface area contributed by atoms with Crippen LogP contribution in [0.5, 0.6) is 5.75 Å². The highest BCUT2D eigenvalue weighted by Gasteiger charge is 2.30. The minimum Gasteiger partial charge on any atom is -0.435 e. The van der Waals surface area contributed by atoms with Crippen molar-refractivity contribution in [2.45, 2.75) is 18.5 Å². The first kappa shape index (κ1) is 23.4. The first-order chi connectivity index (χ1) is 16.0. The van der Waals surface area contributed by atoms with Crippen molar-refractivity contribution in [1.29, 1.82) is 0 Å². The van der Waals surface area contributed by atoms with Gasteiger partial charge in [-0.05, 0) is 42.0 Å². The van der Waals surface area contributed by atoms with Gasteiger partial charge >= 0.3 is 12.8 Å². The molecule has 0 bridgehead atoms. The molecule has 2 heterocycles. The molecule has 0 spiro atoms. The van der Waals surface area contributed by atoms with E-state index in [-0.39, 0.29) is 28.6 Å². The molecule has 0 atom stereocenters. The van der Waals surface area contributed by atoms with E-state index in [2.05, 4.69) is 24.6 Å². The van der Waals surface area contributed by atoms with Crippen LogP contribution in [0.25, 0.3) is 17.0 Å². The summed E-state index contributed by atoms with van der Waals surface area (Å²) in [4.78, 5) is 3.92. The fraction of sp³-hybridized carbons (Fsp3) is 0.150. The lowest BCUT2D eigenvalue weighted by molar-refractivity contribution is -0.137. The molecule has 2 aromatic heterocycles. The fourth-order valence-electron chi connectivity index (χ4n) is 3.10. The summed E-state index contributed by atoms with van der Waals surface area (Å²) in [6.07, 6.45) is -2.00. The molecule has 0 aliphatic carbocycles. The molecule has 4 rings (SSSR count). The molecule has 2 aromatic carbocycles. The second kappa shape index (κ2) is 8.85. The number of anilines is 1. The Morgan fingerprint density at radius 2 is 1.65 bits per heavy atom. The maximum atomic E-state index is 12.7. The molecule has 14 heteroatoms. The Hall–Kier alpha value is -3.81. The summed E-state index contributed by atoms with van der Waals surface area (Å²) >= 11 is 0. The van der Waals surface area contributed by atoms with E-state index < -0.39 is 34.1 Å². The average molecular weight is 499 g/mol. The molecule has 1 N–H and O–H groups in total. The van der Waals surface area contributed by atoms with Gasteiger partial charge in [-0.25, -0.2) is 8.42 Å². The van der Waals surface area contributed by atoms with Gasteiger partial charge in [0.1, 0.15) is 11.6 Å². The number of sulfonamides is 1. The van der Waals surface area contributed by atoms with Gasteiger partial charge in [-0.15, -0.1) is 10.2 Å². The van der Waals surface area contributed by atoms with Crippen molar-refractivity contribution < 1.29 is 35.1 Å². The fourth-order valence-corrected chi connectivity index (χ4v) is 4.26. The molecule has 0 aliphatic heterocycles. The Morgan fingerprint density at radius 3 is 2.26 bits per heavy atom. The summed E-state index contributed by atoms with van der Waals surface area (Å²) in [6.45, 7) is -2.99. The topological polar surface area (TPSA) is 98.5 Å². The smallest absolute Gasteiger partial charge is 0.416 e. The lowest BCUT2D eigenvalue weighted by Crippen LogP contribution is -2.17. The molecule has 0 unspecified atom stereocenters. The number of alkyl halides is 5. The molecule has 0 amide bonds. The van der Waals surface area contributed by atoms with Crippen LogP contribution in [0, 0.1) is 0 Å². The van der Waals surface area contributed by atoms with Gasteiger partial charge in [0.05, 0.1) is 23.7 Å². The van der Waals surface area contributed by atoms with E-state index in [9.17, 15) is 30.4 Å². The van der Waals surface area contributed by atoms with Crippen molar-refractivity contribution in [1.82, 2.24) is 19.6 Å². The Bertz CT molecular complexity index is 1410. The second-order valence-corrected chi connectivity index (χ2v) is 8.69. The van der Waals surface area contributed by atoms with Crippen LogP contribution in [-0.2, 0) is 22.0 Å².